The summed E-state index contributed by atoms with van der Waals surface area (Å²) in [7, 11) is 1.62. The van der Waals surface area contributed by atoms with Crippen molar-refractivity contribution >= 4 is 11.6 Å². The van der Waals surface area contributed by atoms with Gasteiger partial charge in [-0.2, -0.15) is 4.89 Å². The molecule has 1 aromatic carbocycles. The van der Waals surface area contributed by atoms with E-state index in [9.17, 15) is 20.4 Å². The third-order valence-electron chi connectivity index (χ3n) is 9.09. The van der Waals surface area contributed by atoms with Crippen molar-refractivity contribution in [2.24, 2.45) is 17.8 Å². The molecule has 4 N–H and O–H groups in total. The van der Waals surface area contributed by atoms with Gasteiger partial charge in [0.15, 0.2) is 5.60 Å². The van der Waals surface area contributed by atoms with E-state index >= 15 is 0 Å². The average molecular weight is 543 g/mol. The molecule has 2 saturated carbocycles. The minimum atomic E-state index is -1.53. The molecule has 208 valence electrons. The highest BCUT2D eigenvalue weighted by atomic mass is 35.5. The van der Waals surface area contributed by atoms with Crippen LogP contribution in [-0.4, -0.2) is 75.8 Å². The van der Waals surface area contributed by atoms with Gasteiger partial charge >= 0.3 is 0 Å². The lowest BCUT2D eigenvalue weighted by Crippen LogP contribution is -2.74. The van der Waals surface area contributed by atoms with Crippen LogP contribution in [0.1, 0.15) is 57.1 Å². The van der Waals surface area contributed by atoms with Gasteiger partial charge in [-0.3, -0.25) is 0 Å². The van der Waals surface area contributed by atoms with Crippen molar-refractivity contribution in [2.45, 2.75) is 99.8 Å². The van der Waals surface area contributed by atoms with E-state index in [1.165, 1.54) is 0 Å². The van der Waals surface area contributed by atoms with Crippen LogP contribution in [0.5, 0.6) is 5.75 Å². The van der Waals surface area contributed by atoms with Crippen molar-refractivity contribution < 1.29 is 44.4 Å². The molecule has 4 fully saturated rings. The number of fused-ring (bicyclic) bond motifs is 3. The molecule has 11 atom stereocenters. The fourth-order valence-corrected chi connectivity index (χ4v) is 7.67. The van der Waals surface area contributed by atoms with Crippen molar-refractivity contribution in [3.05, 3.63) is 29.3 Å². The summed E-state index contributed by atoms with van der Waals surface area (Å²) < 4.78 is 17.9. The van der Waals surface area contributed by atoms with Crippen LogP contribution in [0.15, 0.2) is 18.2 Å². The monoisotopic (exact) mass is 542 g/mol. The molecule has 0 radical (unpaired) electrons. The SMILES string of the molecule is CCc1ccc(C2(OC)OOC23C(CC)CC2CC(Cl)CC3C2)cc1O[C@@H]1O[C@H](CO)[C@@H](O)[C@H](O)[C@H]1O. The summed E-state index contributed by atoms with van der Waals surface area (Å²) in [5.74, 6) is 0.198. The Bertz CT molecular complexity index is 956. The van der Waals surface area contributed by atoms with E-state index in [-0.39, 0.29) is 17.2 Å². The van der Waals surface area contributed by atoms with Gasteiger partial charge in [0.05, 0.1) is 6.61 Å². The fourth-order valence-electron chi connectivity index (χ4n) is 7.21. The first kappa shape index (κ1) is 27.6. The Kier molecular flexibility index (Phi) is 7.83. The van der Waals surface area contributed by atoms with Gasteiger partial charge in [-0.05, 0) is 61.5 Å². The number of aliphatic hydroxyl groups excluding tert-OH is 4. The van der Waals surface area contributed by atoms with Gasteiger partial charge in [0, 0.05) is 18.1 Å². The standard InChI is InChI=1S/C27H39ClO9/c1-4-15-6-7-17(12-20(15)34-25-24(32)23(31)22(30)21(13-29)35-25)27(33-3)26(36-37-27)16(5-2)8-14-9-18(26)11-19(28)10-14/h6-7,12,14,16,18-19,21-25,29-32H,4-5,8-11,13H2,1-3H3/t14?,16?,18?,19?,21-,22-,23+,24-,25-,26?,27?/m1/s1. The van der Waals surface area contributed by atoms with Crippen molar-refractivity contribution in [1.82, 2.24) is 0 Å². The summed E-state index contributed by atoms with van der Waals surface area (Å²) in [6.45, 7) is 3.61. The Morgan fingerprint density at radius 1 is 1.03 bits per heavy atom. The lowest BCUT2D eigenvalue weighted by molar-refractivity contribution is -0.641. The van der Waals surface area contributed by atoms with Crippen molar-refractivity contribution in [3.8, 4) is 5.75 Å². The molecule has 6 unspecified atom stereocenters. The van der Waals surface area contributed by atoms with E-state index in [2.05, 4.69) is 6.92 Å². The Labute approximate surface area is 222 Å². The Hall–Kier alpha value is -1.01. The maximum absolute atomic E-state index is 10.5. The second kappa shape index (κ2) is 10.5. The van der Waals surface area contributed by atoms with E-state index in [1.807, 2.05) is 25.1 Å². The van der Waals surface area contributed by atoms with Gasteiger partial charge in [0.2, 0.25) is 6.29 Å². The number of rotatable bonds is 7. The minimum absolute atomic E-state index is 0.0877. The molecule has 0 amide bonds. The topological polar surface area (TPSA) is 127 Å². The third-order valence-corrected chi connectivity index (χ3v) is 9.45. The van der Waals surface area contributed by atoms with E-state index in [1.54, 1.807) is 7.11 Å². The van der Waals surface area contributed by atoms with Crippen LogP contribution < -0.4 is 4.74 Å². The highest BCUT2D eigenvalue weighted by Crippen LogP contribution is 2.65. The summed E-state index contributed by atoms with van der Waals surface area (Å²) in [4.78, 5) is 12.0. The number of hydrogen-bond donors (Lipinski definition) is 4. The minimum Gasteiger partial charge on any atom is -0.462 e. The van der Waals surface area contributed by atoms with Crippen LogP contribution >= 0.6 is 11.6 Å². The van der Waals surface area contributed by atoms with E-state index in [4.69, 9.17) is 35.6 Å². The molecule has 0 aromatic heterocycles. The smallest absolute Gasteiger partial charge is 0.260 e. The molecule has 2 aliphatic carbocycles. The summed E-state index contributed by atoms with van der Waals surface area (Å²) in [5, 5.41) is 40.6. The van der Waals surface area contributed by atoms with Crippen LogP contribution in [0.2, 0.25) is 0 Å². The number of methoxy groups -OCH3 is 1. The molecular formula is C27H39ClO9. The number of aliphatic hydroxyl groups is 4. The van der Waals surface area contributed by atoms with Crippen LogP contribution in [0.3, 0.4) is 0 Å². The van der Waals surface area contributed by atoms with Crippen molar-refractivity contribution in [1.29, 1.82) is 0 Å². The van der Waals surface area contributed by atoms with Gasteiger partial charge in [-0.1, -0.05) is 32.4 Å². The summed E-state index contributed by atoms with van der Waals surface area (Å²) in [6, 6.07) is 5.68. The zero-order valence-electron chi connectivity index (χ0n) is 21.6. The quantitative estimate of drug-likeness (QED) is 0.303. The first-order chi connectivity index (χ1) is 17.7. The zero-order valence-corrected chi connectivity index (χ0v) is 22.3. The first-order valence-electron chi connectivity index (χ1n) is 13.4. The third kappa shape index (κ3) is 4.22. The maximum atomic E-state index is 10.5. The predicted molar refractivity (Wildman–Crippen MR) is 133 cm³/mol. The van der Waals surface area contributed by atoms with Gasteiger partial charge in [-0.15, -0.1) is 11.6 Å². The molecule has 10 heteroatoms. The van der Waals surface area contributed by atoms with Gasteiger partial charge < -0.3 is 34.6 Å². The van der Waals surface area contributed by atoms with E-state index in [0.29, 0.717) is 23.7 Å². The number of ether oxygens (including phenoxy) is 3. The summed E-state index contributed by atoms with van der Waals surface area (Å²) >= 11 is 6.68. The van der Waals surface area contributed by atoms with Crippen LogP contribution in [0.4, 0.5) is 0 Å². The molecule has 1 spiro atoms. The molecule has 2 aliphatic heterocycles. The van der Waals surface area contributed by atoms with E-state index < -0.39 is 48.7 Å². The maximum Gasteiger partial charge on any atom is 0.260 e. The number of alkyl halides is 1. The van der Waals surface area contributed by atoms with Crippen LogP contribution in [0, 0.1) is 17.8 Å². The summed E-state index contributed by atoms with van der Waals surface area (Å²) in [5.41, 5.74) is 0.858. The molecule has 9 nitrogen and oxygen atoms in total. The van der Waals surface area contributed by atoms with Crippen molar-refractivity contribution in [2.75, 3.05) is 13.7 Å². The number of benzene rings is 1. The van der Waals surface area contributed by atoms with Crippen LogP contribution in [-0.2, 0) is 31.5 Å². The number of aryl methyl sites for hydroxylation is 1. The number of halogens is 1. The lowest BCUT2D eigenvalue weighted by Gasteiger charge is -2.65. The zero-order chi connectivity index (χ0) is 26.5. The fraction of sp³-hybridized carbons (Fsp3) is 0.778. The molecule has 2 saturated heterocycles. The molecule has 37 heavy (non-hydrogen) atoms. The molecule has 2 bridgehead atoms. The second-order valence-corrected chi connectivity index (χ2v) is 11.6. The molecule has 5 rings (SSSR count). The van der Waals surface area contributed by atoms with Gasteiger partial charge in [0.25, 0.3) is 5.79 Å². The molecular weight excluding hydrogens is 504 g/mol. The summed E-state index contributed by atoms with van der Waals surface area (Å²) in [6.07, 6.45) is -1.48. The second-order valence-electron chi connectivity index (χ2n) is 11.0. The normalized spacial score (nSPS) is 45.5. The lowest BCUT2D eigenvalue weighted by atomic mass is 9.54. The molecule has 4 aliphatic rings. The predicted octanol–water partition coefficient (Wildman–Crippen LogP) is 2.38. The largest absolute Gasteiger partial charge is 0.462 e. The highest BCUT2D eigenvalue weighted by molar-refractivity contribution is 6.20. The highest BCUT2D eigenvalue weighted by Gasteiger charge is 2.74. The van der Waals surface area contributed by atoms with Crippen molar-refractivity contribution in [3.63, 3.8) is 0 Å². The Balaban J connectivity index is 1.51. The Morgan fingerprint density at radius 2 is 1.81 bits per heavy atom. The van der Waals surface area contributed by atoms with Gasteiger partial charge in [0.1, 0.15) is 30.2 Å². The molecule has 1 aromatic rings. The Morgan fingerprint density at radius 3 is 2.43 bits per heavy atom. The van der Waals surface area contributed by atoms with Gasteiger partial charge in [-0.25, -0.2) is 4.89 Å². The van der Waals surface area contributed by atoms with Crippen LogP contribution in [0.25, 0.3) is 0 Å². The number of hydrogen-bond acceptors (Lipinski definition) is 9. The molecule has 2 heterocycles. The average Bonchev–Trinajstić information content (AvgIpc) is 2.88. The van der Waals surface area contributed by atoms with E-state index in [0.717, 1.165) is 37.7 Å². The first-order valence-corrected chi connectivity index (χ1v) is 13.8.